The van der Waals surface area contributed by atoms with E-state index in [-0.39, 0.29) is 30.9 Å². The molecule has 1 N–H and O–H groups in total. The SMILES string of the molecule is C#CCOCC(O)CN(Cc1c(C)nn(-c2ccc(F)cc2)c1Oc1ccc(F)cc1)C(C)C. The van der Waals surface area contributed by atoms with Crippen molar-refractivity contribution < 1.29 is 23.4 Å². The van der Waals surface area contributed by atoms with Gasteiger partial charge in [-0.3, -0.25) is 4.90 Å². The summed E-state index contributed by atoms with van der Waals surface area (Å²) < 4.78 is 40.0. The van der Waals surface area contributed by atoms with Crippen molar-refractivity contribution in [2.75, 3.05) is 19.8 Å². The van der Waals surface area contributed by atoms with E-state index in [4.69, 9.17) is 15.9 Å². The molecule has 0 saturated carbocycles. The van der Waals surface area contributed by atoms with Crippen LogP contribution in [-0.2, 0) is 11.3 Å². The van der Waals surface area contributed by atoms with Crippen LogP contribution in [0.5, 0.6) is 11.6 Å². The normalized spacial score (nSPS) is 12.2. The third kappa shape index (κ3) is 6.64. The molecule has 3 aromatic rings. The number of aryl methyl sites for hydroxylation is 1. The van der Waals surface area contributed by atoms with E-state index in [0.717, 1.165) is 5.56 Å². The topological polar surface area (TPSA) is 59.8 Å². The van der Waals surface area contributed by atoms with E-state index in [1.54, 1.807) is 16.8 Å². The highest BCUT2D eigenvalue weighted by Crippen LogP contribution is 2.32. The maximum atomic E-state index is 13.5. The molecule has 0 amide bonds. The van der Waals surface area contributed by atoms with Crippen molar-refractivity contribution >= 4 is 0 Å². The Morgan fingerprint density at radius 2 is 1.71 bits per heavy atom. The van der Waals surface area contributed by atoms with Crippen LogP contribution in [0.1, 0.15) is 25.1 Å². The molecule has 0 saturated heterocycles. The van der Waals surface area contributed by atoms with Crippen molar-refractivity contribution in [3.8, 4) is 29.7 Å². The molecule has 6 nitrogen and oxygen atoms in total. The van der Waals surface area contributed by atoms with Crippen molar-refractivity contribution in [2.45, 2.75) is 39.5 Å². The molecule has 34 heavy (non-hydrogen) atoms. The van der Waals surface area contributed by atoms with Crippen LogP contribution >= 0.6 is 0 Å². The molecule has 1 heterocycles. The number of aliphatic hydroxyl groups excluding tert-OH is 1. The molecule has 1 aromatic heterocycles. The van der Waals surface area contributed by atoms with Crippen molar-refractivity contribution in [3.05, 3.63) is 71.4 Å². The van der Waals surface area contributed by atoms with Gasteiger partial charge in [0.1, 0.15) is 24.0 Å². The smallest absolute Gasteiger partial charge is 0.227 e. The minimum atomic E-state index is -0.732. The van der Waals surface area contributed by atoms with Crippen LogP contribution in [0.2, 0.25) is 0 Å². The first-order valence-corrected chi connectivity index (χ1v) is 11.0. The largest absolute Gasteiger partial charge is 0.439 e. The zero-order valence-corrected chi connectivity index (χ0v) is 19.5. The summed E-state index contributed by atoms with van der Waals surface area (Å²) in [5, 5.41) is 15.1. The van der Waals surface area contributed by atoms with Gasteiger partial charge < -0.3 is 14.6 Å². The van der Waals surface area contributed by atoms with Crippen molar-refractivity contribution in [1.82, 2.24) is 14.7 Å². The molecular weight excluding hydrogens is 440 g/mol. The van der Waals surface area contributed by atoms with Crippen LogP contribution in [0.25, 0.3) is 5.69 Å². The Bertz CT molecular complexity index is 1110. The third-order valence-electron chi connectivity index (χ3n) is 5.27. The van der Waals surface area contributed by atoms with E-state index >= 15 is 0 Å². The molecule has 1 atom stereocenters. The minimum absolute atomic E-state index is 0.0922. The average molecular weight is 470 g/mol. The standard InChI is InChI=1S/C26H29F2N3O3/c1-5-14-33-17-23(32)15-30(18(2)3)16-25-19(4)29-31(22-10-6-20(27)7-11-22)26(25)34-24-12-8-21(28)9-13-24/h1,6-13,18,23,32H,14-17H2,2-4H3. The Morgan fingerprint density at radius 1 is 1.09 bits per heavy atom. The van der Waals surface area contributed by atoms with Gasteiger partial charge in [0.05, 0.1) is 29.7 Å². The average Bonchev–Trinajstić information content (AvgIpc) is 3.10. The number of benzene rings is 2. The van der Waals surface area contributed by atoms with Gasteiger partial charge in [-0.15, -0.1) is 6.42 Å². The lowest BCUT2D eigenvalue weighted by Crippen LogP contribution is -2.39. The molecule has 0 aliphatic heterocycles. The maximum absolute atomic E-state index is 13.5. The van der Waals surface area contributed by atoms with Crippen LogP contribution < -0.4 is 4.74 Å². The summed E-state index contributed by atoms with van der Waals surface area (Å²) in [6, 6.07) is 11.7. The van der Waals surface area contributed by atoms with Gasteiger partial charge in [-0.05, 0) is 69.3 Å². The molecule has 0 fully saturated rings. The predicted octanol–water partition coefficient (Wildman–Crippen LogP) is 4.47. The maximum Gasteiger partial charge on any atom is 0.227 e. The summed E-state index contributed by atoms with van der Waals surface area (Å²) in [4.78, 5) is 2.07. The Morgan fingerprint density at radius 3 is 2.29 bits per heavy atom. The molecule has 180 valence electrons. The van der Waals surface area contributed by atoms with E-state index in [1.165, 1.54) is 36.4 Å². The molecule has 1 unspecified atom stereocenters. The molecule has 0 aliphatic rings. The zero-order valence-electron chi connectivity index (χ0n) is 19.5. The van der Waals surface area contributed by atoms with Crippen molar-refractivity contribution in [2.24, 2.45) is 0 Å². The van der Waals surface area contributed by atoms with Gasteiger partial charge >= 0.3 is 0 Å². The van der Waals surface area contributed by atoms with Gasteiger partial charge in [-0.1, -0.05) is 5.92 Å². The number of hydrogen-bond acceptors (Lipinski definition) is 5. The lowest BCUT2D eigenvalue weighted by atomic mass is 10.2. The summed E-state index contributed by atoms with van der Waals surface area (Å²) in [7, 11) is 0. The quantitative estimate of drug-likeness (QED) is 0.332. The van der Waals surface area contributed by atoms with E-state index in [1.807, 2.05) is 20.8 Å². The zero-order chi connectivity index (χ0) is 24.7. The van der Waals surface area contributed by atoms with Crippen LogP contribution in [0.3, 0.4) is 0 Å². The Balaban J connectivity index is 1.95. The number of ether oxygens (including phenoxy) is 2. The molecule has 2 aromatic carbocycles. The first-order chi connectivity index (χ1) is 16.3. The first kappa shape index (κ1) is 25.4. The van der Waals surface area contributed by atoms with Gasteiger partial charge in [0.25, 0.3) is 0 Å². The van der Waals surface area contributed by atoms with Gasteiger partial charge in [0.15, 0.2) is 0 Å². The number of halogens is 2. The summed E-state index contributed by atoms with van der Waals surface area (Å²) in [5.74, 6) is 2.51. The highest BCUT2D eigenvalue weighted by Gasteiger charge is 2.24. The molecule has 0 aliphatic carbocycles. The number of nitrogens with zero attached hydrogens (tertiary/aromatic N) is 3. The molecule has 0 radical (unpaired) electrons. The van der Waals surface area contributed by atoms with E-state index in [2.05, 4.69) is 15.9 Å². The fourth-order valence-electron chi connectivity index (χ4n) is 3.44. The Hall–Kier alpha value is -3.25. The fraction of sp³-hybridized carbons (Fsp3) is 0.346. The van der Waals surface area contributed by atoms with Crippen molar-refractivity contribution in [3.63, 3.8) is 0 Å². The monoisotopic (exact) mass is 469 g/mol. The van der Waals surface area contributed by atoms with Crippen LogP contribution in [0.15, 0.2) is 48.5 Å². The summed E-state index contributed by atoms with van der Waals surface area (Å²) in [5.41, 5.74) is 2.12. The number of aromatic nitrogens is 2. The lowest BCUT2D eigenvalue weighted by Gasteiger charge is -2.28. The highest BCUT2D eigenvalue weighted by atomic mass is 19.1. The Kier molecular flexibility index (Phi) is 8.77. The molecule has 0 spiro atoms. The van der Waals surface area contributed by atoms with E-state index < -0.39 is 6.10 Å². The summed E-state index contributed by atoms with van der Waals surface area (Å²) in [6.45, 7) is 6.94. The first-order valence-electron chi connectivity index (χ1n) is 11.0. The van der Waals surface area contributed by atoms with Gasteiger partial charge in [-0.25, -0.2) is 13.5 Å². The second kappa shape index (κ2) is 11.7. The van der Waals surface area contributed by atoms with Crippen LogP contribution in [0, 0.1) is 30.9 Å². The van der Waals surface area contributed by atoms with E-state index in [9.17, 15) is 13.9 Å². The minimum Gasteiger partial charge on any atom is -0.439 e. The van der Waals surface area contributed by atoms with Gasteiger partial charge in [-0.2, -0.15) is 5.10 Å². The molecule has 0 bridgehead atoms. The predicted molar refractivity (Wildman–Crippen MR) is 126 cm³/mol. The number of hydrogen-bond donors (Lipinski definition) is 1. The van der Waals surface area contributed by atoms with Crippen molar-refractivity contribution in [1.29, 1.82) is 0 Å². The fourth-order valence-corrected chi connectivity index (χ4v) is 3.44. The van der Waals surface area contributed by atoms with Gasteiger partial charge in [0, 0.05) is 19.1 Å². The number of terminal acetylenes is 1. The number of aliphatic hydroxyl groups is 1. The third-order valence-corrected chi connectivity index (χ3v) is 5.27. The molecule has 3 rings (SSSR count). The lowest BCUT2D eigenvalue weighted by molar-refractivity contribution is 0.0190. The van der Waals surface area contributed by atoms with Gasteiger partial charge in [0.2, 0.25) is 5.88 Å². The van der Waals surface area contributed by atoms with E-state index in [0.29, 0.717) is 36.1 Å². The summed E-state index contributed by atoms with van der Waals surface area (Å²) >= 11 is 0. The molecule has 8 heteroatoms. The van der Waals surface area contributed by atoms with Crippen LogP contribution in [0.4, 0.5) is 8.78 Å². The second-order valence-corrected chi connectivity index (χ2v) is 8.21. The Labute approximate surface area is 198 Å². The second-order valence-electron chi connectivity index (χ2n) is 8.21. The van der Waals surface area contributed by atoms with Crippen LogP contribution in [-0.4, -0.2) is 51.7 Å². The summed E-state index contributed by atoms with van der Waals surface area (Å²) in [6.07, 6.45) is 4.47. The molecular formula is C26H29F2N3O3. The highest BCUT2D eigenvalue weighted by molar-refractivity contribution is 5.43. The number of rotatable bonds is 11.